The van der Waals surface area contributed by atoms with Crippen LogP contribution in [-0.2, 0) is 0 Å². The van der Waals surface area contributed by atoms with Gasteiger partial charge in [-0.15, -0.1) is 0 Å². The van der Waals surface area contributed by atoms with Gasteiger partial charge in [-0.3, -0.25) is 9.78 Å². The van der Waals surface area contributed by atoms with Crippen molar-refractivity contribution in [2.45, 2.75) is 6.92 Å². The molecule has 0 atom stereocenters. The van der Waals surface area contributed by atoms with Gasteiger partial charge in [0.15, 0.2) is 0 Å². The number of hydrogen-bond donors (Lipinski definition) is 2. The van der Waals surface area contributed by atoms with Crippen molar-refractivity contribution in [3.05, 3.63) is 53.9 Å². The van der Waals surface area contributed by atoms with Crippen LogP contribution < -0.4 is 11.1 Å². The highest BCUT2D eigenvalue weighted by Crippen LogP contribution is 2.22. The highest BCUT2D eigenvalue weighted by atomic mass is 16.1. The summed E-state index contributed by atoms with van der Waals surface area (Å²) in [5, 5.41) is 2.77. The number of nitrogens with one attached hydrogen (secondary N) is 1. The van der Waals surface area contributed by atoms with E-state index in [1.165, 1.54) is 0 Å². The molecule has 2 aromatic rings. The maximum atomic E-state index is 11.9. The average molecular weight is 227 g/mol. The normalized spacial score (nSPS) is 9.94. The van der Waals surface area contributed by atoms with Gasteiger partial charge < -0.3 is 11.1 Å². The van der Waals surface area contributed by atoms with Crippen LogP contribution in [0, 0.1) is 6.92 Å². The molecule has 86 valence electrons. The Morgan fingerprint density at radius 3 is 2.71 bits per heavy atom. The molecule has 2 rings (SSSR count). The summed E-state index contributed by atoms with van der Waals surface area (Å²) in [6, 6.07) is 10.7. The summed E-state index contributed by atoms with van der Waals surface area (Å²) in [5.74, 6) is -0.258. The SMILES string of the molecule is Cc1cccc(N)c1NC(=O)c1ccccn1. The second kappa shape index (κ2) is 4.65. The van der Waals surface area contributed by atoms with Crippen LogP contribution in [0.25, 0.3) is 0 Å². The summed E-state index contributed by atoms with van der Waals surface area (Å²) in [7, 11) is 0. The zero-order chi connectivity index (χ0) is 12.3. The Hall–Kier alpha value is -2.36. The average Bonchev–Trinajstić information content (AvgIpc) is 2.35. The predicted octanol–water partition coefficient (Wildman–Crippen LogP) is 2.22. The van der Waals surface area contributed by atoms with E-state index in [0.29, 0.717) is 17.1 Å². The highest BCUT2D eigenvalue weighted by Gasteiger charge is 2.10. The van der Waals surface area contributed by atoms with Gasteiger partial charge in [-0.25, -0.2) is 0 Å². The smallest absolute Gasteiger partial charge is 0.274 e. The van der Waals surface area contributed by atoms with Gasteiger partial charge >= 0.3 is 0 Å². The lowest BCUT2D eigenvalue weighted by molar-refractivity contribution is 0.102. The molecule has 0 fully saturated rings. The van der Waals surface area contributed by atoms with Crippen molar-refractivity contribution in [2.75, 3.05) is 11.1 Å². The number of hydrogen-bond acceptors (Lipinski definition) is 3. The number of carbonyl (C=O) groups excluding carboxylic acids is 1. The minimum atomic E-state index is -0.258. The van der Waals surface area contributed by atoms with Crippen molar-refractivity contribution >= 4 is 17.3 Å². The van der Waals surface area contributed by atoms with Gasteiger partial charge in [0, 0.05) is 6.20 Å². The van der Waals surface area contributed by atoms with Crippen LogP contribution in [0.4, 0.5) is 11.4 Å². The summed E-state index contributed by atoms with van der Waals surface area (Å²) in [5.41, 5.74) is 8.30. The molecule has 0 aliphatic heterocycles. The van der Waals surface area contributed by atoms with Gasteiger partial charge in [0.25, 0.3) is 5.91 Å². The second-order valence-corrected chi connectivity index (χ2v) is 3.71. The first-order valence-electron chi connectivity index (χ1n) is 5.26. The van der Waals surface area contributed by atoms with Gasteiger partial charge in [-0.1, -0.05) is 18.2 Å². The first-order valence-corrected chi connectivity index (χ1v) is 5.26. The van der Waals surface area contributed by atoms with E-state index < -0.39 is 0 Å². The molecule has 0 aliphatic carbocycles. The number of anilines is 2. The monoisotopic (exact) mass is 227 g/mol. The molecule has 0 radical (unpaired) electrons. The van der Waals surface area contributed by atoms with Gasteiger partial charge in [0.1, 0.15) is 5.69 Å². The zero-order valence-electron chi connectivity index (χ0n) is 9.47. The number of pyridine rings is 1. The number of amides is 1. The third kappa shape index (κ3) is 2.42. The fourth-order valence-electron chi connectivity index (χ4n) is 1.54. The van der Waals surface area contributed by atoms with Gasteiger partial charge in [0.05, 0.1) is 11.4 Å². The summed E-state index contributed by atoms with van der Waals surface area (Å²) in [6.45, 7) is 1.89. The van der Waals surface area contributed by atoms with E-state index in [4.69, 9.17) is 5.73 Å². The highest BCUT2D eigenvalue weighted by molar-refractivity contribution is 6.04. The number of aryl methyl sites for hydroxylation is 1. The molecule has 1 aromatic heterocycles. The van der Waals surface area contributed by atoms with Gasteiger partial charge in [0.2, 0.25) is 0 Å². The van der Waals surface area contributed by atoms with Crippen molar-refractivity contribution in [2.24, 2.45) is 0 Å². The quantitative estimate of drug-likeness (QED) is 0.773. The molecule has 1 amide bonds. The minimum absolute atomic E-state index is 0.258. The standard InChI is InChI=1S/C13H13N3O/c1-9-5-4-6-10(14)12(9)16-13(17)11-7-2-3-8-15-11/h2-8H,14H2,1H3,(H,16,17). The van der Waals surface area contributed by atoms with Crippen LogP contribution in [0.2, 0.25) is 0 Å². The molecule has 0 spiro atoms. The van der Waals surface area contributed by atoms with Crippen molar-refractivity contribution in [3.8, 4) is 0 Å². The molecule has 0 aliphatic rings. The first kappa shape index (κ1) is 11.1. The largest absolute Gasteiger partial charge is 0.397 e. The van der Waals surface area contributed by atoms with Crippen LogP contribution in [-0.4, -0.2) is 10.9 Å². The van der Waals surface area contributed by atoms with E-state index in [1.54, 1.807) is 30.5 Å². The van der Waals surface area contributed by atoms with Crippen LogP contribution in [0.3, 0.4) is 0 Å². The number of aromatic nitrogens is 1. The third-order valence-corrected chi connectivity index (χ3v) is 2.44. The summed E-state index contributed by atoms with van der Waals surface area (Å²) in [4.78, 5) is 15.9. The molecular weight excluding hydrogens is 214 g/mol. The summed E-state index contributed by atoms with van der Waals surface area (Å²) in [6.07, 6.45) is 1.58. The Morgan fingerprint density at radius 2 is 2.06 bits per heavy atom. The molecular formula is C13H13N3O. The van der Waals surface area contributed by atoms with Crippen LogP contribution in [0.15, 0.2) is 42.6 Å². The molecule has 3 N–H and O–H groups in total. The lowest BCUT2D eigenvalue weighted by atomic mass is 10.1. The molecule has 4 heteroatoms. The van der Waals surface area contributed by atoms with Crippen molar-refractivity contribution in [3.63, 3.8) is 0 Å². The lowest BCUT2D eigenvalue weighted by Crippen LogP contribution is -2.15. The molecule has 1 aromatic carbocycles. The van der Waals surface area contributed by atoms with E-state index in [0.717, 1.165) is 5.56 Å². The van der Waals surface area contributed by atoms with E-state index in [1.807, 2.05) is 19.1 Å². The van der Waals surface area contributed by atoms with Crippen molar-refractivity contribution in [1.29, 1.82) is 0 Å². The molecule has 17 heavy (non-hydrogen) atoms. The Labute approximate surface area is 99.5 Å². The minimum Gasteiger partial charge on any atom is -0.397 e. The molecule has 0 saturated carbocycles. The predicted molar refractivity (Wildman–Crippen MR) is 67.8 cm³/mol. The Kier molecular flexibility index (Phi) is 3.05. The fraction of sp³-hybridized carbons (Fsp3) is 0.0769. The Morgan fingerprint density at radius 1 is 1.24 bits per heavy atom. The number of para-hydroxylation sites is 1. The van der Waals surface area contributed by atoms with Crippen molar-refractivity contribution < 1.29 is 4.79 Å². The lowest BCUT2D eigenvalue weighted by Gasteiger charge is -2.10. The van der Waals surface area contributed by atoms with E-state index >= 15 is 0 Å². The van der Waals surface area contributed by atoms with Gasteiger partial charge in [-0.05, 0) is 30.7 Å². The number of nitrogen functional groups attached to an aromatic ring is 1. The van der Waals surface area contributed by atoms with Crippen LogP contribution >= 0.6 is 0 Å². The van der Waals surface area contributed by atoms with Crippen molar-refractivity contribution in [1.82, 2.24) is 4.98 Å². The maximum Gasteiger partial charge on any atom is 0.274 e. The second-order valence-electron chi connectivity index (χ2n) is 3.71. The maximum absolute atomic E-state index is 11.9. The topological polar surface area (TPSA) is 68.0 Å². The number of nitrogens with zero attached hydrogens (tertiary/aromatic N) is 1. The number of rotatable bonds is 2. The molecule has 4 nitrogen and oxygen atoms in total. The Bertz CT molecular complexity index is 517. The summed E-state index contributed by atoms with van der Waals surface area (Å²) >= 11 is 0. The molecule has 1 heterocycles. The van der Waals surface area contributed by atoms with E-state index in [9.17, 15) is 4.79 Å². The first-order chi connectivity index (χ1) is 8.18. The Balaban J connectivity index is 2.25. The molecule has 0 bridgehead atoms. The van der Waals surface area contributed by atoms with E-state index in [-0.39, 0.29) is 5.91 Å². The van der Waals surface area contributed by atoms with Gasteiger partial charge in [-0.2, -0.15) is 0 Å². The fourth-order valence-corrected chi connectivity index (χ4v) is 1.54. The molecule has 0 saturated heterocycles. The number of carbonyl (C=O) groups is 1. The summed E-state index contributed by atoms with van der Waals surface area (Å²) < 4.78 is 0. The molecule has 0 unspecified atom stereocenters. The zero-order valence-corrected chi connectivity index (χ0v) is 9.47. The number of benzene rings is 1. The number of nitrogens with two attached hydrogens (primary N) is 1. The van der Waals surface area contributed by atoms with Crippen LogP contribution in [0.1, 0.15) is 16.1 Å². The third-order valence-electron chi connectivity index (χ3n) is 2.44. The van der Waals surface area contributed by atoms with Crippen LogP contribution in [0.5, 0.6) is 0 Å². The van der Waals surface area contributed by atoms with E-state index in [2.05, 4.69) is 10.3 Å².